The molecule has 1 aliphatic carbocycles. The van der Waals surface area contributed by atoms with E-state index in [1.54, 1.807) is 0 Å². The van der Waals surface area contributed by atoms with Crippen LogP contribution in [0, 0.1) is 0 Å². The van der Waals surface area contributed by atoms with E-state index in [2.05, 4.69) is 0 Å². The van der Waals surface area contributed by atoms with Gasteiger partial charge < -0.3 is 25.1 Å². The molecular weight excluding hydrogens is 198 g/mol. The van der Waals surface area contributed by atoms with E-state index >= 15 is 0 Å². The maximum atomic E-state index is 8.71. The monoisotopic (exact) mass is 217 g/mol. The van der Waals surface area contributed by atoms with Gasteiger partial charge in [-0.05, 0) is 20.3 Å². The standard InChI is InChI=1S/C10H19NO4/c1-10(2)14-8-6(11)5-7(9(8)15-10)13-4-3-12/h6-9,12H,3-5,11H2,1-2H3. The minimum atomic E-state index is -0.575. The maximum Gasteiger partial charge on any atom is 0.163 e. The zero-order valence-electron chi connectivity index (χ0n) is 9.18. The summed E-state index contributed by atoms with van der Waals surface area (Å²) in [6.45, 7) is 4.10. The average molecular weight is 217 g/mol. The lowest BCUT2D eigenvalue weighted by Crippen LogP contribution is -2.35. The number of hydrogen-bond acceptors (Lipinski definition) is 5. The first-order valence-electron chi connectivity index (χ1n) is 5.37. The van der Waals surface area contributed by atoms with Crippen molar-refractivity contribution in [3.05, 3.63) is 0 Å². The molecule has 1 saturated heterocycles. The molecule has 15 heavy (non-hydrogen) atoms. The first-order chi connectivity index (χ1) is 7.03. The third kappa shape index (κ3) is 2.16. The molecule has 0 amide bonds. The molecule has 0 aromatic rings. The lowest BCUT2D eigenvalue weighted by molar-refractivity contribution is -0.168. The molecule has 2 aliphatic rings. The fourth-order valence-corrected chi connectivity index (χ4v) is 2.34. The van der Waals surface area contributed by atoms with Crippen molar-refractivity contribution in [1.29, 1.82) is 0 Å². The first-order valence-corrected chi connectivity index (χ1v) is 5.37. The number of rotatable bonds is 3. The van der Waals surface area contributed by atoms with Crippen LogP contribution in [0.5, 0.6) is 0 Å². The number of hydrogen-bond donors (Lipinski definition) is 2. The molecule has 2 rings (SSSR count). The number of aliphatic hydroxyl groups is 1. The predicted molar refractivity (Wildman–Crippen MR) is 53.2 cm³/mol. The second-order valence-corrected chi connectivity index (χ2v) is 4.60. The van der Waals surface area contributed by atoms with Gasteiger partial charge in [-0.25, -0.2) is 0 Å². The molecule has 0 aromatic heterocycles. The summed E-state index contributed by atoms with van der Waals surface area (Å²) in [7, 11) is 0. The van der Waals surface area contributed by atoms with Crippen molar-refractivity contribution in [1.82, 2.24) is 0 Å². The van der Waals surface area contributed by atoms with Gasteiger partial charge in [-0.3, -0.25) is 0 Å². The average Bonchev–Trinajstić information content (AvgIpc) is 2.60. The Kier molecular flexibility index (Phi) is 3.00. The molecule has 0 spiro atoms. The van der Waals surface area contributed by atoms with Crippen molar-refractivity contribution < 1.29 is 19.3 Å². The van der Waals surface area contributed by atoms with E-state index in [1.165, 1.54) is 0 Å². The molecule has 2 fully saturated rings. The van der Waals surface area contributed by atoms with E-state index < -0.39 is 5.79 Å². The highest BCUT2D eigenvalue weighted by atomic mass is 16.8. The Morgan fingerprint density at radius 1 is 1.40 bits per heavy atom. The Morgan fingerprint density at radius 2 is 2.07 bits per heavy atom. The molecule has 4 unspecified atom stereocenters. The molecule has 0 radical (unpaired) electrons. The molecule has 0 bridgehead atoms. The Bertz CT molecular complexity index is 233. The Balaban J connectivity index is 1.99. The Morgan fingerprint density at radius 3 is 2.73 bits per heavy atom. The van der Waals surface area contributed by atoms with Gasteiger partial charge in [-0.15, -0.1) is 0 Å². The molecule has 1 heterocycles. The van der Waals surface area contributed by atoms with Crippen molar-refractivity contribution in [3.8, 4) is 0 Å². The summed E-state index contributed by atoms with van der Waals surface area (Å²) in [6.07, 6.45) is 0.495. The van der Waals surface area contributed by atoms with Gasteiger partial charge in [-0.2, -0.15) is 0 Å². The Labute approximate surface area is 89.5 Å². The van der Waals surface area contributed by atoms with Crippen LogP contribution in [0.3, 0.4) is 0 Å². The highest BCUT2D eigenvalue weighted by Crippen LogP contribution is 2.38. The zero-order chi connectivity index (χ0) is 11.1. The number of fused-ring (bicyclic) bond motifs is 1. The summed E-state index contributed by atoms with van der Waals surface area (Å²) in [5, 5.41) is 8.71. The lowest BCUT2D eigenvalue weighted by atomic mass is 10.2. The van der Waals surface area contributed by atoms with Crippen LogP contribution in [-0.2, 0) is 14.2 Å². The quantitative estimate of drug-likeness (QED) is 0.674. The van der Waals surface area contributed by atoms with E-state index in [0.717, 1.165) is 6.42 Å². The largest absolute Gasteiger partial charge is 0.394 e. The van der Waals surface area contributed by atoms with Crippen LogP contribution >= 0.6 is 0 Å². The van der Waals surface area contributed by atoms with Crippen LogP contribution in [-0.4, -0.2) is 48.5 Å². The number of aliphatic hydroxyl groups excluding tert-OH is 1. The van der Waals surface area contributed by atoms with Crippen molar-refractivity contribution in [3.63, 3.8) is 0 Å². The molecule has 1 saturated carbocycles. The van der Waals surface area contributed by atoms with Gasteiger partial charge in [0.05, 0.1) is 19.3 Å². The van der Waals surface area contributed by atoms with Crippen molar-refractivity contribution in [2.75, 3.05) is 13.2 Å². The normalized spacial score (nSPS) is 43.2. The highest BCUT2D eigenvalue weighted by Gasteiger charge is 2.53. The van der Waals surface area contributed by atoms with Crippen LogP contribution in [0.4, 0.5) is 0 Å². The summed E-state index contributed by atoms with van der Waals surface area (Å²) in [4.78, 5) is 0. The van der Waals surface area contributed by atoms with Gasteiger partial charge in [0.15, 0.2) is 5.79 Å². The minimum Gasteiger partial charge on any atom is -0.394 e. The lowest BCUT2D eigenvalue weighted by Gasteiger charge is -2.22. The fraction of sp³-hybridized carbons (Fsp3) is 1.00. The topological polar surface area (TPSA) is 73.9 Å². The van der Waals surface area contributed by atoms with Gasteiger partial charge in [0.25, 0.3) is 0 Å². The fourth-order valence-electron chi connectivity index (χ4n) is 2.34. The first kappa shape index (κ1) is 11.3. The van der Waals surface area contributed by atoms with Crippen LogP contribution in [0.15, 0.2) is 0 Å². The highest BCUT2D eigenvalue weighted by molar-refractivity contribution is 5.01. The summed E-state index contributed by atoms with van der Waals surface area (Å²) >= 11 is 0. The van der Waals surface area contributed by atoms with E-state index in [0.29, 0.717) is 6.61 Å². The van der Waals surface area contributed by atoms with E-state index in [9.17, 15) is 0 Å². The van der Waals surface area contributed by atoms with Gasteiger partial charge in [0.1, 0.15) is 12.2 Å². The SMILES string of the molecule is CC1(C)OC2C(N)CC(OCCO)C2O1. The minimum absolute atomic E-state index is 0.0212. The van der Waals surface area contributed by atoms with Gasteiger partial charge in [0, 0.05) is 6.04 Å². The van der Waals surface area contributed by atoms with Gasteiger partial charge in [-0.1, -0.05) is 0 Å². The van der Waals surface area contributed by atoms with Crippen LogP contribution in [0.2, 0.25) is 0 Å². The third-order valence-corrected chi connectivity index (χ3v) is 2.88. The molecule has 4 atom stereocenters. The Hall–Kier alpha value is -0.200. The smallest absolute Gasteiger partial charge is 0.163 e. The summed E-state index contributed by atoms with van der Waals surface area (Å²) in [5.41, 5.74) is 5.96. The molecule has 0 aromatic carbocycles. The molecule has 5 heteroatoms. The van der Waals surface area contributed by atoms with Gasteiger partial charge >= 0.3 is 0 Å². The number of ether oxygens (including phenoxy) is 3. The van der Waals surface area contributed by atoms with Gasteiger partial charge in [0.2, 0.25) is 0 Å². The van der Waals surface area contributed by atoms with E-state index in [-0.39, 0.29) is 31.0 Å². The summed E-state index contributed by atoms with van der Waals surface area (Å²) < 4.78 is 16.9. The van der Waals surface area contributed by atoms with E-state index in [4.69, 9.17) is 25.1 Å². The van der Waals surface area contributed by atoms with Crippen LogP contribution in [0.25, 0.3) is 0 Å². The molecule has 1 aliphatic heterocycles. The predicted octanol–water partition coefficient (Wildman–Crippen LogP) is -0.385. The maximum absolute atomic E-state index is 8.71. The molecule has 3 N–H and O–H groups in total. The van der Waals surface area contributed by atoms with Crippen molar-refractivity contribution >= 4 is 0 Å². The summed E-state index contributed by atoms with van der Waals surface area (Å²) in [6, 6.07) is -0.0412. The van der Waals surface area contributed by atoms with E-state index in [1.807, 2.05) is 13.8 Å². The van der Waals surface area contributed by atoms with Crippen LogP contribution in [0.1, 0.15) is 20.3 Å². The van der Waals surface area contributed by atoms with Crippen molar-refractivity contribution in [2.24, 2.45) is 5.73 Å². The molecule has 5 nitrogen and oxygen atoms in total. The second-order valence-electron chi connectivity index (χ2n) is 4.60. The third-order valence-electron chi connectivity index (χ3n) is 2.88. The second kappa shape index (κ2) is 3.99. The molecule has 88 valence electrons. The zero-order valence-corrected chi connectivity index (χ0v) is 9.18. The summed E-state index contributed by atoms with van der Waals surface area (Å²) in [5.74, 6) is -0.575. The molecular formula is C10H19NO4. The van der Waals surface area contributed by atoms with Crippen molar-refractivity contribution in [2.45, 2.75) is 50.4 Å². The number of nitrogens with two attached hydrogens (primary N) is 1. The van der Waals surface area contributed by atoms with Crippen LogP contribution < -0.4 is 5.73 Å².